The number of nitrogens with one attached hydrogen (secondary N) is 1. The lowest BCUT2D eigenvalue weighted by Crippen LogP contribution is -2.34. The van der Waals surface area contributed by atoms with Crippen LogP contribution in [0.4, 0.5) is 0 Å². The van der Waals surface area contributed by atoms with Crippen LogP contribution in [0.25, 0.3) is 6.08 Å². The molecule has 1 aromatic heterocycles. The average Bonchev–Trinajstić information content (AvgIpc) is 2.39. The molecule has 90 valence electrons. The molecule has 3 nitrogen and oxygen atoms in total. The lowest BCUT2D eigenvalue weighted by molar-refractivity contribution is -0.117. The molecule has 0 bridgehead atoms. The molecule has 0 aliphatic heterocycles. The van der Waals surface area contributed by atoms with Gasteiger partial charge in [-0.15, -0.1) is 0 Å². The molecule has 1 aliphatic rings. The highest BCUT2D eigenvalue weighted by molar-refractivity contribution is 5.91. The number of aromatic nitrogens is 1. The molecular formula is C14H18N2O. The van der Waals surface area contributed by atoms with Gasteiger partial charge in [-0.2, -0.15) is 0 Å². The van der Waals surface area contributed by atoms with Crippen LogP contribution in [0.1, 0.15) is 37.7 Å². The first-order valence-corrected chi connectivity index (χ1v) is 6.23. The summed E-state index contributed by atoms with van der Waals surface area (Å²) in [5, 5.41) is 3.04. The van der Waals surface area contributed by atoms with Crippen LogP contribution in [-0.2, 0) is 4.79 Å². The maximum atomic E-state index is 11.7. The average molecular weight is 230 g/mol. The second kappa shape index (κ2) is 6.18. The topological polar surface area (TPSA) is 42.0 Å². The van der Waals surface area contributed by atoms with E-state index in [9.17, 15) is 4.79 Å². The van der Waals surface area contributed by atoms with E-state index < -0.39 is 0 Å². The number of rotatable bonds is 3. The number of nitrogens with zero attached hydrogens (tertiary/aromatic N) is 1. The van der Waals surface area contributed by atoms with E-state index in [-0.39, 0.29) is 5.91 Å². The number of carbonyl (C=O) groups is 1. The maximum Gasteiger partial charge on any atom is 0.244 e. The molecule has 0 aromatic carbocycles. The van der Waals surface area contributed by atoms with Crippen LogP contribution < -0.4 is 5.32 Å². The highest BCUT2D eigenvalue weighted by atomic mass is 16.1. The van der Waals surface area contributed by atoms with Gasteiger partial charge in [-0.25, -0.2) is 0 Å². The molecule has 0 atom stereocenters. The third-order valence-electron chi connectivity index (χ3n) is 3.06. The second-order valence-corrected chi connectivity index (χ2v) is 4.46. The van der Waals surface area contributed by atoms with Gasteiger partial charge in [0.25, 0.3) is 0 Å². The number of hydrogen-bond donors (Lipinski definition) is 1. The quantitative estimate of drug-likeness (QED) is 0.811. The molecule has 0 saturated heterocycles. The van der Waals surface area contributed by atoms with Crippen molar-refractivity contribution in [1.82, 2.24) is 10.3 Å². The van der Waals surface area contributed by atoms with E-state index in [2.05, 4.69) is 10.3 Å². The minimum absolute atomic E-state index is 0.000697. The highest BCUT2D eigenvalue weighted by Crippen LogP contribution is 2.17. The van der Waals surface area contributed by atoms with Crippen molar-refractivity contribution in [2.24, 2.45) is 0 Å². The molecule has 1 saturated carbocycles. The van der Waals surface area contributed by atoms with Crippen molar-refractivity contribution < 1.29 is 4.79 Å². The van der Waals surface area contributed by atoms with Crippen LogP contribution in [0.3, 0.4) is 0 Å². The van der Waals surface area contributed by atoms with Crippen LogP contribution in [0.15, 0.2) is 30.6 Å². The zero-order chi connectivity index (χ0) is 11.9. The molecule has 3 heteroatoms. The Morgan fingerprint density at radius 1 is 1.35 bits per heavy atom. The van der Waals surface area contributed by atoms with Gasteiger partial charge < -0.3 is 5.32 Å². The van der Waals surface area contributed by atoms with Crippen LogP contribution in [0.5, 0.6) is 0 Å². The van der Waals surface area contributed by atoms with E-state index in [4.69, 9.17) is 0 Å². The van der Waals surface area contributed by atoms with Crippen molar-refractivity contribution in [3.63, 3.8) is 0 Å². The summed E-state index contributed by atoms with van der Waals surface area (Å²) in [6.45, 7) is 0. The number of amides is 1. The first-order chi connectivity index (χ1) is 8.34. The lowest BCUT2D eigenvalue weighted by atomic mass is 9.95. The monoisotopic (exact) mass is 230 g/mol. The van der Waals surface area contributed by atoms with E-state index in [1.54, 1.807) is 24.5 Å². The van der Waals surface area contributed by atoms with E-state index in [0.29, 0.717) is 6.04 Å². The fraction of sp³-hybridized carbons (Fsp3) is 0.429. The van der Waals surface area contributed by atoms with E-state index in [1.165, 1.54) is 19.3 Å². The summed E-state index contributed by atoms with van der Waals surface area (Å²) in [5.41, 5.74) is 0.950. The third-order valence-corrected chi connectivity index (χ3v) is 3.06. The first-order valence-electron chi connectivity index (χ1n) is 6.23. The number of carbonyl (C=O) groups excluding carboxylic acids is 1. The van der Waals surface area contributed by atoms with Gasteiger partial charge in [-0.3, -0.25) is 9.78 Å². The summed E-state index contributed by atoms with van der Waals surface area (Å²) in [7, 11) is 0. The van der Waals surface area contributed by atoms with Crippen LogP contribution in [-0.4, -0.2) is 16.9 Å². The zero-order valence-corrected chi connectivity index (χ0v) is 9.93. The minimum Gasteiger partial charge on any atom is -0.350 e. The molecule has 1 N–H and O–H groups in total. The summed E-state index contributed by atoms with van der Waals surface area (Å²) >= 11 is 0. The number of hydrogen-bond acceptors (Lipinski definition) is 2. The predicted molar refractivity (Wildman–Crippen MR) is 68.3 cm³/mol. The van der Waals surface area contributed by atoms with Crippen molar-refractivity contribution in [3.05, 3.63) is 36.2 Å². The Hall–Kier alpha value is -1.64. The van der Waals surface area contributed by atoms with Gasteiger partial charge in [0.2, 0.25) is 5.91 Å². The van der Waals surface area contributed by atoms with Gasteiger partial charge in [-0.05, 0) is 30.5 Å². The largest absolute Gasteiger partial charge is 0.350 e. The number of pyridine rings is 1. The van der Waals surface area contributed by atoms with E-state index in [1.807, 2.05) is 12.1 Å². The summed E-state index contributed by atoms with van der Waals surface area (Å²) < 4.78 is 0. The lowest BCUT2D eigenvalue weighted by Gasteiger charge is -2.21. The third kappa shape index (κ3) is 4.02. The van der Waals surface area contributed by atoms with Gasteiger partial charge in [0.15, 0.2) is 0 Å². The first kappa shape index (κ1) is 11.8. The molecular weight excluding hydrogens is 212 g/mol. The summed E-state index contributed by atoms with van der Waals surface area (Å²) in [5.74, 6) is 0.000697. The van der Waals surface area contributed by atoms with Crippen molar-refractivity contribution in [3.8, 4) is 0 Å². The normalized spacial score (nSPS) is 17.2. The Kier molecular flexibility index (Phi) is 4.30. The standard InChI is InChI=1S/C14H18N2O/c17-14(16-13-6-2-1-3-7-13)9-8-12-5-4-10-15-11-12/h4-5,8-11,13H,1-3,6-7H2,(H,16,17)/b9-8+. The molecule has 1 heterocycles. The van der Waals surface area contributed by atoms with Gasteiger partial charge >= 0.3 is 0 Å². The molecule has 1 aliphatic carbocycles. The molecule has 1 fully saturated rings. The van der Waals surface area contributed by atoms with Crippen LogP contribution >= 0.6 is 0 Å². The molecule has 0 unspecified atom stereocenters. The van der Waals surface area contributed by atoms with Gasteiger partial charge in [0.05, 0.1) is 0 Å². The predicted octanol–water partition coefficient (Wildman–Crippen LogP) is 2.54. The molecule has 2 rings (SSSR count). The zero-order valence-electron chi connectivity index (χ0n) is 9.93. The molecule has 1 amide bonds. The Labute approximate surface area is 102 Å². The SMILES string of the molecule is O=C(/C=C/c1cccnc1)NC1CCCCC1. The summed E-state index contributed by atoms with van der Waals surface area (Å²) in [6, 6.07) is 4.16. The molecule has 0 radical (unpaired) electrons. The van der Waals surface area contributed by atoms with E-state index >= 15 is 0 Å². The van der Waals surface area contributed by atoms with Crippen molar-refractivity contribution in [2.75, 3.05) is 0 Å². The summed E-state index contributed by atoms with van der Waals surface area (Å²) in [4.78, 5) is 15.7. The van der Waals surface area contributed by atoms with Gasteiger partial charge in [0.1, 0.15) is 0 Å². The van der Waals surface area contributed by atoms with Crippen molar-refractivity contribution >= 4 is 12.0 Å². The highest BCUT2D eigenvalue weighted by Gasteiger charge is 2.13. The second-order valence-electron chi connectivity index (χ2n) is 4.46. The summed E-state index contributed by atoms with van der Waals surface area (Å²) in [6.07, 6.45) is 12.9. The Morgan fingerprint density at radius 3 is 2.88 bits per heavy atom. The Morgan fingerprint density at radius 2 is 2.18 bits per heavy atom. The van der Waals surface area contributed by atoms with Crippen LogP contribution in [0, 0.1) is 0 Å². The van der Waals surface area contributed by atoms with Gasteiger partial charge in [-0.1, -0.05) is 25.3 Å². The van der Waals surface area contributed by atoms with Crippen molar-refractivity contribution in [2.45, 2.75) is 38.1 Å². The minimum atomic E-state index is 0.000697. The molecule has 0 spiro atoms. The van der Waals surface area contributed by atoms with Crippen molar-refractivity contribution in [1.29, 1.82) is 0 Å². The molecule has 17 heavy (non-hydrogen) atoms. The van der Waals surface area contributed by atoms with E-state index in [0.717, 1.165) is 18.4 Å². The fourth-order valence-corrected chi connectivity index (χ4v) is 2.14. The smallest absolute Gasteiger partial charge is 0.244 e. The Bertz CT molecular complexity index is 380. The van der Waals surface area contributed by atoms with Crippen LogP contribution in [0.2, 0.25) is 0 Å². The molecule has 1 aromatic rings. The fourth-order valence-electron chi connectivity index (χ4n) is 2.14. The van der Waals surface area contributed by atoms with Gasteiger partial charge in [0, 0.05) is 24.5 Å². The Balaban J connectivity index is 1.82. The maximum absolute atomic E-state index is 11.7.